The minimum absolute atomic E-state index is 0.118. The number of carbonyl (C=O) groups is 1. The average molecular weight is 328 g/mol. The van der Waals surface area contributed by atoms with Crippen molar-refractivity contribution in [2.45, 2.75) is 31.9 Å². The van der Waals surface area contributed by atoms with Crippen LogP contribution >= 0.6 is 0 Å². The summed E-state index contributed by atoms with van der Waals surface area (Å²) >= 11 is 0. The summed E-state index contributed by atoms with van der Waals surface area (Å²) in [6, 6.07) is 7.70. The smallest absolute Gasteiger partial charge is 0.407 e. The first-order chi connectivity index (χ1) is 11.7. The van der Waals surface area contributed by atoms with Gasteiger partial charge >= 0.3 is 6.09 Å². The molecule has 0 radical (unpaired) electrons. The fourth-order valence-corrected chi connectivity index (χ4v) is 2.60. The molecule has 1 unspecified atom stereocenters. The molecule has 2 aliphatic rings. The van der Waals surface area contributed by atoms with Crippen LogP contribution in [-0.2, 0) is 4.74 Å². The zero-order chi connectivity index (χ0) is 16.8. The molecule has 1 saturated heterocycles. The van der Waals surface area contributed by atoms with E-state index in [9.17, 15) is 4.79 Å². The van der Waals surface area contributed by atoms with Crippen LogP contribution in [0, 0.1) is 0 Å². The molecular formula is C19H24N2O3. The number of hydrogen-bond acceptors (Lipinski definition) is 4. The number of nitrogens with one attached hydrogen (secondary N) is 2. The lowest BCUT2D eigenvalue weighted by Gasteiger charge is -2.27. The summed E-state index contributed by atoms with van der Waals surface area (Å²) in [5.41, 5.74) is 2.07. The molecule has 1 aliphatic carbocycles. The minimum atomic E-state index is -0.400. The quantitative estimate of drug-likeness (QED) is 0.842. The third-order valence-electron chi connectivity index (χ3n) is 4.20. The van der Waals surface area contributed by atoms with E-state index >= 15 is 0 Å². The largest absolute Gasteiger partial charge is 0.488 e. The van der Waals surface area contributed by atoms with E-state index in [1.54, 1.807) is 0 Å². The SMILES string of the molecule is CC(NC(=O)OCC1=CCCC=C1)c1ccc(OC2CNC2)cc1. The van der Waals surface area contributed by atoms with Crippen molar-refractivity contribution < 1.29 is 14.3 Å². The van der Waals surface area contributed by atoms with Crippen molar-refractivity contribution >= 4 is 6.09 Å². The van der Waals surface area contributed by atoms with E-state index in [-0.39, 0.29) is 12.1 Å². The predicted octanol–water partition coefficient (Wildman–Crippen LogP) is 3.10. The van der Waals surface area contributed by atoms with E-state index in [1.807, 2.05) is 37.3 Å². The lowest BCUT2D eigenvalue weighted by molar-refractivity contribution is 0.142. The summed E-state index contributed by atoms with van der Waals surface area (Å²) in [5.74, 6) is 0.857. The molecule has 3 rings (SSSR count). The van der Waals surface area contributed by atoms with Gasteiger partial charge in [0.25, 0.3) is 0 Å². The van der Waals surface area contributed by atoms with Crippen molar-refractivity contribution in [3.63, 3.8) is 0 Å². The molecule has 1 amide bonds. The van der Waals surface area contributed by atoms with Crippen LogP contribution in [0.1, 0.15) is 31.4 Å². The van der Waals surface area contributed by atoms with Gasteiger partial charge in [0.05, 0.1) is 6.04 Å². The van der Waals surface area contributed by atoms with Gasteiger partial charge in [-0.25, -0.2) is 4.79 Å². The molecule has 5 nitrogen and oxygen atoms in total. The second kappa shape index (κ2) is 8.02. The standard InChI is InChI=1S/C19H24N2O3/c1-14(21-19(22)23-13-15-5-3-2-4-6-15)16-7-9-17(10-8-16)24-18-11-20-12-18/h3,5-10,14,18,20H,2,4,11-13H2,1H3,(H,21,22). The highest BCUT2D eigenvalue weighted by atomic mass is 16.5. The molecule has 1 aliphatic heterocycles. The molecule has 2 N–H and O–H groups in total. The Labute approximate surface area is 142 Å². The minimum Gasteiger partial charge on any atom is -0.488 e. The van der Waals surface area contributed by atoms with Gasteiger partial charge in [0.1, 0.15) is 18.5 Å². The molecule has 128 valence electrons. The first-order valence-corrected chi connectivity index (χ1v) is 8.47. The summed E-state index contributed by atoms with van der Waals surface area (Å²) < 4.78 is 11.1. The molecular weight excluding hydrogens is 304 g/mol. The number of allylic oxidation sites excluding steroid dienone is 2. The van der Waals surface area contributed by atoms with Crippen LogP contribution in [0.2, 0.25) is 0 Å². The van der Waals surface area contributed by atoms with E-state index in [2.05, 4.69) is 22.8 Å². The third-order valence-corrected chi connectivity index (χ3v) is 4.20. The van der Waals surface area contributed by atoms with Gasteiger partial charge in [-0.2, -0.15) is 0 Å². The highest BCUT2D eigenvalue weighted by Gasteiger charge is 2.18. The predicted molar refractivity (Wildman–Crippen MR) is 93.1 cm³/mol. The Balaban J connectivity index is 1.44. The molecule has 1 atom stereocenters. The zero-order valence-corrected chi connectivity index (χ0v) is 14.0. The van der Waals surface area contributed by atoms with Gasteiger partial charge in [0.15, 0.2) is 0 Å². The summed E-state index contributed by atoms with van der Waals surface area (Å²) in [7, 11) is 0. The van der Waals surface area contributed by atoms with Crippen molar-refractivity contribution in [2.24, 2.45) is 0 Å². The second-order valence-electron chi connectivity index (χ2n) is 6.17. The lowest BCUT2D eigenvalue weighted by atomic mass is 10.1. The number of ether oxygens (including phenoxy) is 2. The van der Waals surface area contributed by atoms with Crippen LogP contribution in [0.4, 0.5) is 4.79 Å². The molecule has 5 heteroatoms. The monoisotopic (exact) mass is 328 g/mol. The average Bonchev–Trinajstić information content (AvgIpc) is 2.58. The maximum Gasteiger partial charge on any atom is 0.407 e. The van der Waals surface area contributed by atoms with Gasteiger partial charge in [0, 0.05) is 13.1 Å². The molecule has 0 spiro atoms. The van der Waals surface area contributed by atoms with Crippen molar-refractivity contribution in [1.29, 1.82) is 0 Å². The maximum atomic E-state index is 11.9. The highest BCUT2D eigenvalue weighted by molar-refractivity contribution is 5.68. The lowest BCUT2D eigenvalue weighted by Crippen LogP contribution is -2.50. The summed E-state index contributed by atoms with van der Waals surface area (Å²) in [6.45, 7) is 4.05. The van der Waals surface area contributed by atoms with Gasteiger partial charge in [-0.3, -0.25) is 0 Å². The second-order valence-corrected chi connectivity index (χ2v) is 6.17. The van der Waals surface area contributed by atoms with Crippen molar-refractivity contribution in [3.05, 3.63) is 53.6 Å². The van der Waals surface area contributed by atoms with Gasteiger partial charge in [0.2, 0.25) is 0 Å². The Bertz CT molecular complexity index is 618. The topological polar surface area (TPSA) is 59.6 Å². The van der Waals surface area contributed by atoms with E-state index in [0.29, 0.717) is 6.61 Å². The van der Waals surface area contributed by atoms with E-state index in [0.717, 1.165) is 42.8 Å². The number of hydrogen-bond donors (Lipinski definition) is 2. The molecule has 0 bridgehead atoms. The van der Waals surface area contributed by atoms with Crippen LogP contribution in [0.15, 0.2) is 48.1 Å². The van der Waals surface area contributed by atoms with Gasteiger partial charge in [-0.05, 0) is 43.0 Å². The molecule has 1 heterocycles. The van der Waals surface area contributed by atoms with Crippen molar-refractivity contribution in [1.82, 2.24) is 10.6 Å². The van der Waals surface area contributed by atoms with E-state index in [1.165, 1.54) is 0 Å². The summed E-state index contributed by atoms with van der Waals surface area (Å²) in [4.78, 5) is 11.9. The normalized spacial score (nSPS) is 18.3. The number of rotatable bonds is 6. The Hall–Kier alpha value is -2.27. The van der Waals surface area contributed by atoms with Crippen LogP contribution in [0.5, 0.6) is 5.75 Å². The van der Waals surface area contributed by atoms with Gasteiger partial charge in [-0.1, -0.05) is 30.4 Å². The fourth-order valence-electron chi connectivity index (χ4n) is 2.60. The molecule has 1 aromatic rings. The Morgan fingerprint density at radius 3 is 2.71 bits per heavy atom. The Morgan fingerprint density at radius 2 is 2.08 bits per heavy atom. The van der Waals surface area contributed by atoms with Crippen molar-refractivity contribution in [3.8, 4) is 5.75 Å². The molecule has 0 aromatic heterocycles. The first-order valence-electron chi connectivity index (χ1n) is 8.47. The fraction of sp³-hybridized carbons (Fsp3) is 0.421. The third kappa shape index (κ3) is 4.61. The zero-order valence-electron chi connectivity index (χ0n) is 14.0. The number of benzene rings is 1. The molecule has 0 saturated carbocycles. The molecule has 1 fully saturated rings. The van der Waals surface area contributed by atoms with Crippen LogP contribution in [0.25, 0.3) is 0 Å². The summed E-state index contributed by atoms with van der Waals surface area (Å²) in [6.07, 6.45) is 8.15. The number of alkyl carbamates (subject to hydrolysis) is 1. The van der Waals surface area contributed by atoms with Gasteiger partial charge < -0.3 is 20.1 Å². The summed E-state index contributed by atoms with van der Waals surface area (Å²) in [5, 5.41) is 6.03. The van der Waals surface area contributed by atoms with Crippen LogP contribution in [-0.4, -0.2) is 31.9 Å². The van der Waals surface area contributed by atoms with Crippen LogP contribution in [0.3, 0.4) is 0 Å². The van der Waals surface area contributed by atoms with E-state index in [4.69, 9.17) is 9.47 Å². The van der Waals surface area contributed by atoms with E-state index < -0.39 is 6.09 Å². The molecule has 24 heavy (non-hydrogen) atoms. The Morgan fingerprint density at radius 1 is 1.29 bits per heavy atom. The number of carbonyl (C=O) groups excluding carboxylic acids is 1. The Kier molecular flexibility index (Phi) is 5.54. The van der Waals surface area contributed by atoms with Crippen LogP contribution < -0.4 is 15.4 Å². The van der Waals surface area contributed by atoms with Crippen molar-refractivity contribution in [2.75, 3.05) is 19.7 Å². The van der Waals surface area contributed by atoms with Gasteiger partial charge in [-0.15, -0.1) is 0 Å². The maximum absolute atomic E-state index is 11.9. The number of amides is 1. The first kappa shape index (κ1) is 16.6. The molecule has 1 aromatic carbocycles. The highest BCUT2D eigenvalue weighted by Crippen LogP contribution is 2.19.